The van der Waals surface area contributed by atoms with Crippen LogP contribution in [0.3, 0.4) is 0 Å². The van der Waals surface area contributed by atoms with Crippen molar-refractivity contribution in [2.75, 3.05) is 0 Å². The predicted molar refractivity (Wildman–Crippen MR) is 28.4 cm³/mol. The predicted octanol–water partition coefficient (Wildman–Crippen LogP) is -0.0392. The lowest BCUT2D eigenvalue weighted by atomic mass is 10.1. The van der Waals surface area contributed by atoms with E-state index < -0.39 is 11.5 Å². The minimum atomic E-state index is -1.08. The first-order valence-corrected chi connectivity index (χ1v) is 1.97. The number of carboxylic acids is 1. The van der Waals surface area contributed by atoms with Crippen molar-refractivity contribution in [1.29, 1.82) is 0 Å². The fourth-order valence-electron chi connectivity index (χ4n) is 0. The number of carbonyl (C=O) groups is 1. The molecule has 0 amide bonds. The smallest absolute Gasteiger partial charge is 0.323 e. The normalized spacial score (nSPS) is 9.88. The second kappa shape index (κ2) is 2.61. The van der Waals surface area contributed by atoms with Gasteiger partial charge in [-0.1, -0.05) is 0 Å². The van der Waals surface area contributed by atoms with Crippen LogP contribution in [0.1, 0.15) is 13.8 Å². The third-order valence-electron chi connectivity index (χ3n) is 0.551. The summed E-state index contributed by atoms with van der Waals surface area (Å²) in [7, 11) is 0. The summed E-state index contributed by atoms with van der Waals surface area (Å²) in [6, 6.07) is 0. The Morgan fingerprint density at radius 1 is 1.62 bits per heavy atom. The molecule has 0 aromatic carbocycles. The Morgan fingerprint density at radius 3 is 1.75 bits per heavy atom. The number of rotatable bonds is 1. The molecule has 8 heavy (non-hydrogen) atoms. The largest absolute Gasteiger partial charge is 0.480 e. The lowest BCUT2D eigenvalue weighted by molar-refractivity contribution is -0.141. The first-order valence-electron chi connectivity index (χ1n) is 1.97. The highest BCUT2D eigenvalue weighted by Crippen LogP contribution is 1.93. The van der Waals surface area contributed by atoms with Crippen molar-refractivity contribution in [2.45, 2.75) is 19.4 Å². The number of hydrogen-bond acceptors (Lipinski definition) is 2. The molecule has 0 radical (unpaired) electrons. The van der Waals surface area contributed by atoms with Gasteiger partial charge in [-0.2, -0.15) is 0 Å². The summed E-state index contributed by atoms with van der Waals surface area (Å²) in [6.45, 7) is 2.88. The highest BCUT2D eigenvalue weighted by atomic mass is 19.0. The number of nitrogens with two attached hydrogens (primary N) is 1. The van der Waals surface area contributed by atoms with E-state index in [1.54, 1.807) is 0 Å². The van der Waals surface area contributed by atoms with Gasteiger partial charge in [-0.05, 0) is 13.8 Å². The van der Waals surface area contributed by atoms with Crippen molar-refractivity contribution in [3.8, 4) is 0 Å². The summed E-state index contributed by atoms with van der Waals surface area (Å²) in [5.41, 5.74) is 4.00. The minimum absolute atomic E-state index is 0. The Hall–Kier alpha value is -0.640. The van der Waals surface area contributed by atoms with E-state index >= 15 is 0 Å². The summed E-state index contributed by atoms with van der Waals surface area (Å²) in [6.07, 6.45) is 0. The van der Waals surface area contributed by atoms with Gasteiger partial charge in [0.1, 0.15) is 5.54 Å². The maximum atomic E-state index is 9.90. The van der Waals surface area contributed by atoms with Crippen molar-refractivity contribution < 1.29 is 14.6 Å². The highest BCUT2D eigenvalue weighted by molar-refractivity contribution is 5.77. The number of halogens is 1. The van der Waals surface area contributed by atoms with Crippen molar-refractivity contribution in [2.24, 2.45) is 5.73 Å². The lowest BCUT2D eigenvalue weighted by Crippen LogP contribution is -2.41. The van der Waals surface area contributed by atoms with Crippen LogP contribution in [0.2, 0.25) is 0 Å². The van der Waals surface area contributed by atoms with Gasteiger partial charge >= 0.3 is 5.97 Å². The number of aliphatic carboxylic acids is 1. The summed E-state index contributed by atoms with van der Waals surface area (Å²) >= 11 is 0. The number of hydrogen-bond donors (Lipinski definition) is 2. The number of carboxylic acid groups (broad SMARTS) is 1. The Morgan fingerprint density at radius 2 is 1.75 bits per heavy atom. The third kappa shape index (κ3) is 3.55. The summed E-state index contributed by atoms with van der Waals surface area (Å²) in [4.78, 5) is 9.90. The van der Waals surface area contributed by atoms with Crippen LogP contribution in [0.25, 0.3) is 0 Å². The molecule has 0 heterocycles. The van der Waals surface area contributed by atoms with E-state index in [0.717, 1.165) is 0 Å². The van der Waals surface area contributed by atoms with Gasteiger partial charge in [0, 0.05) is 0 Å². The molecule has 0 aliphatic rings. The molecule has 0 aliphatic carbocycles. The van der Waals surface area contributed by atoms with Crippen molar-refractivity contribution in [3.05, 3.63) is 0 Å². The molecule has 3 nitrogen and oxygen atoms in total. The van der Waals surface area contributed by atoms with Crippen LogP contribution in [-0.4, -0.2) is 16.6 Å². The van der Waals surface area contributed by atoms with E-state index in [1.165, 1.54) is 13.8 Å². The van der Waals surface area contributed by atoms with Crippen LogP contribution in [0.5, 0.6) is 0 Å². The van der Waals surface area contributed by atoms with Crippen LogP contribution in [0.15, 0.2) is 0 Å². The summed E-state index contributed by atoms with van der Waals surface area (Å²) < 4.78 is 0. The fraction of sp³-hybridized carbons (Fsp3) is 0.750. The van der Waals surface area contributed by atoms with E-state index in [-0.39, 0.29) is 4.70 Å². The molecule has 0 aromatic rings. The molecular formula is C4H10FNO2. The maximum absolute atomic E-state index is 9.90. The van der Waals surface area contributed by atoms with Crippen LogP contribution in [-0.2, 0) is 4.79 Å². The molecule has 0 saturated carbocycles. The average Bonchev–Trinajstić information content (AvgIpc) is 1.31. The van der Waals surface area contributed by atoms with Gasteiger partial charge in [-0.15, -0.1) is 0 Å². The Balaban J connectivity index is 0. The van der Waals surface area contributed by atoms with Gasteiger partial charge in [0.2, 0.25) is 0 Å². The van der Waals surface area contributed by atoms with E-state index in [2.05, 4.69) is 0 Å². The molecule has 0 aromatic heterocycles. The molecule has 0 aliphatic heterocycles. The lowest BCUT2D eigenvalue weighted by Gasteiger charge is -2.09. The quantitative estimate of drug-likeness (QED) is 0.514. The van der Waals surface area contributed by atoms with E-state index in [0.29, 0.717) is 0 Å². The molecule has 0 rings (SSSR count). The fourth-order valence-corrected chi connectivity index (χ4v) is 0. The van der Waals surface area contributed by atoms with Gasteiger partial charge in [-0.25, -0.2) is 0 Å². The highest BCUT2D eigenvalue weighted by Gasteiger charge is 2.19. The van der Waals surface area contributed by atoms with Gasteiger partial charge < -0.3 is 10.8 Å². The standard InChI is InChI=1S/C4H9NO2.FH/c1-4(2,5)3(6)7;/h5H2,1-2H3,(H,6,7);1H. The molecule has 3 N–H and O–H groups in total. The SMILES string of the molecule is CC(C)(N)C(=O)O.F. The van der Waals surface area contributed by atoms with Crippen LogP contribution >= 0.6 is 0 Å². The molecule has 50 valence electrons. The van der Waals surface area contributed by atoms with E-state index in [9.17, 15) is 4.79 Å². The van der Waals surface area contributed by atoms with Gasteiger partial charge in [0.05, 0.1) is 0 Å². The summed E-state index contributed by atoms with van der Waals surface area (Å²) in [5.74, 6) is -0.979. The van der Waals surface area contributed by atoms with Crippen molar-refractivity contribution in [1.82, 2.24) is 0 Å². The third-order valence-corrected chi connectivity index (χ3v) is 0.551. The molecule has 0 fully saturated rings. The van der Waals surface area contributed by atoms with E-state index in [1.807, 2.05) is 0 Å². The molecule has 4 heteroatoms. The molecular weight excluding hydrogens is 113 g/mol. The Kier molecular flexibility index (Phi) is 3.39. The zero-order valence-electron chi connectivity index (χ0n) is 4.84. The molecule has 0 spiro atoms. The maximum Gasteiger partial charge on any atom is 0.323 e. The van der Waals surface area contributed by atoms with Crippen LogP contribution in [0, 0.1) is 0 Å². The molecule has 0 saturated heterocycles. The van der Waals surface area contributed by atoms with Crippen molar-refractivity contribution >= 4 is 5.97 Å². The second-order valence-electron chi connectivity index (χ2n) is 2.03. The molecule has 0 bridgehead atoms. The van der Waals surface area contributed by atoms with Crippen LogP contribution in [0.4, 0.5) is 4.70 Å². The zero-order chi connectivity index (χ0) is 6.08. The topological polar surface area (TPSA) is 63.3 Å². The molecule has 0 unspecified atom stereocenters. The molecule has 0 atom stereocenters. The summed E-state index contributed by atoms with van der Waals surface area (Å²) in [5, 5.41) is 8.12. The monoisotopic (exact) mass is 123 g/mol. The van der Waals surface area contributed by atoms with Gasteiger partial charge in [0.25, 0.3) is 0 Å². The van der Waals surface area contributed by atoms with E-state index in [4.69, 9.17) is 10.8 Å². The van der Waals surface area contributed by atoms with Crippen LogP contribution < -0.4 is 5.73 Å². The Bertz CT molecular complexity index is 86.5. The zero-order valence-corrected chi connectivity index (χ0v) is 4.84. The first-order chi connectivity index (χ1) is 2.94. The second-order valence-corrected chi connectivity index (χ2v) is 2.03. The minimum Gasteiger partial charge on any atom is -0.480 e. The van der Waals surface area contributed by atoms with Crippen molar-refractivity contribution in [3.63, 3.8) is 0 Å². The average molecular weight is 123 g/mol. The van der Waals surface area contributed by atoms with Gasteiger partial charge in [0.15, 0.2) is 0 Å². The first kappa shape index (κ1) is 10.4. The van der Waals surface area contributed by atoms with Gasteiger partial charge in [-0.3, -0.25) is 9.50 Å². The Labute approximate surface area is 46.9 Å².